The van der Waals surface area contributed by atoms with Gasteiger partial charge in [-0.2, -0.15) is 15.5 Å². The van der Waals surface area contributed by atoms with Gasteiger partial charge >= 0.3 is 0 Å². The van der Waals surface area contributed by atoms with Crippen LogP contribution < -0.4 is 16.0 Å². The molecule has 9 nitrogen and oxygen atoms in total. The highest BCUT2D eigenvalue weighted by Crippen LogP contribution is 2.25. The summed E-state index contributed by atoms with van der Waals surface area (Å²) < 4.78 is 14.7. The first kappa shape index (κ1) is 25.6. The molecule has 0 amide bonds. The number of allylic oxidation sites excluding steroid dienone is 1. The Morgan fingerprint density at radius 3 is 2.57 bits per heavy atom. The molecule has 0 radical (unpaired) electrons. The van der Waals surface area contributed by atoms with Crippen LogP contribution in [0.15, 0.2) is 43.0 Å². The van der Waals surface area contributed by atoms with Crippen LogP contribution in [0.5, 0.6) is 0 Å². The molecule has 0 aliphatic rings. The highest BCUT2D eigenvalue weighted by Gasteiger charge is 2.17. The molecule has 3 N–H and O–H groups in total. The summed E-state index contributed by atoms with van der Waals surface area (Å²) in [6.45, 7) is 14.9. The summed E-state index contributed by atoms with van der Waals surface area (Å²) in [4.78, 5) is 10.2. The maximum absolute atomic E-state index is 14.7. The van der Waals surface area contributed by atoms with Gasteiger partial charge in [0.15, 0.2) is 17.5 Å². The minimum Gasteiger partial charge on any atom is -0.384 e. The van der Waals surface area contributed by atoms with Gasteiger partial charge in [-0.1, -0.05) is 34.3 Å². The van der Waals surface area contributed by atoms with Crippen molar-refractivity contribution in [2.45, 2.75) is 53.5 Å². The molecular weight excluding hydrogens is 445 g/mol. The van der Waals surface area contributed by atoms with Crippen molar-refractivity contribution < 1.29 is 4.39 Å². The van der Waals surface area contributed by atoms with Crippen molar-refractivity contribution in [1.82, 2.24) is 30.3 Å². The van der Waals surface area contributed by atoms with Gasteiger partial charge in [-0.05, 0) is 37.3 Å². The van der Waals surface area contributed by atoms with Crippen molar-refractivity contribution in [3.8, 4) is 11.8 Å². The molecule has 184 valence electrons. The molecule has 10 heteroatoms. The molecule has 0 aliphatic carbocycles. The van der Waals surface area contributed by atoms with Crippen LogP contribution in [0, 0.1) is 29.5 Å². The third kappa shape index (κ3) is 6.99. The van der Waals surface area contributed by atoms with Gasteiger partial charge in [-0.25, -0.2) is 9.37 Å². The van der Waals surface area contributed by atoms with E-state index in [9.17, 15) is 9.65 Å². The molecule has 0 saturated carbocycles. The number of nitrogens with zero attached hydrogens (tertiary/aromatic N) is 6. The van der Waals surface area contributed by atoms with E-state index in [2.05, 4.69) is 70.4 Å². The van der Waals surface area contributed by atoms with Gasteiger partial charge in [0.1, 0.15) is 11.8 Å². The molecule has 3 rings (SSSR count). The Labute approximate surface area is 205 Å². The van der Waals surface area contributed by atoms with E-state index in [1.54, 1.807) is 24.7 Å². The number of hydrogen-bond acceptors (Lipinski definition) is 8. The maximum atomic E-state index is 14.7. The number of nitrogens with one attached hydrogen (secondary N) is 3. The number of hydrogen-bond donors (Lipinski definition) is 3. The first-order chi connectivity index (χ1) is 16.6. The molecule has 3 heterocycles. The molecule has 0 unspecified atom stereocenters. The zero-order chi connectivity index (χ0) is 25.6. The second kappa shape index (κ2) is 11.0. The summed E-state index contributed by atoms with van der Waals surface area (Å²) in [5.41, 5.74) is 3.11. The molecule has 35 heavy (non-hydrogen) atoms. The normalized spacial score (nSPS) is 12.0. The molecule has 0 saturated heterocycles. The molecule has 1 atom stereocenters. The van der Waals surface area contributed by atoms with E-state index >= 15 is 0 Å². The smallest absolute Gasteiger partial charge is 0.166 e. The van der Waals surface area contributed by atoms with E-state index in [0.29, 0.717) is 17.9 Å². The zero-order valence-corrected chi connectivity index (χ0v) is 20.9. The van der Waals surface area contributed by atoms with Gasteiger partial charge in [0.25, 0.3) is 0 Å². The number of aryl methyl sites for hydroxylation is 1. The zero-order valence-electron chi connectivity index (χ0n) is 20.9. The maximum Gasteiger partial charge on any atom is 0.166 e. The minimum atomic E-state index is -0.598. The second-order valence-corrected chi connectivity index (χ2v) is 9.57. The number of rotatable bonds is 10. The largest absolute Gasteiger partial charge is 0.384 e. The van der Waals surface area contributed by atoms with Crippen LogP contribution in [0.2, 0.25) is 0 Å². The van der Waals surface area contributed by atoms with Gasteiger partial charge in [-0.3, -0.25) is 4.98 Å². The van der Waals surface area contributed by atoms with Gasteiger partial charge in [-0.15, -0.1) is 4.80 Å². The summed E-state index contributed by atoms with van der Waals surface area (Å²) in [7, 11) is 0. The van der Waals surface area contributed by atoms with Gasteiger partial charge in [0.05, 0.1) is 35.5 Å². The standard InChI is InChI=1S/C25H32FN9/c1-7-19(32-16(2)12-25(4,5)6)14-29-24-21(26)10-18(13-27)23(34-24)33-20-11-22(17(3)28-15-20)35-30-8-9-31-35/h8-11,15,19,32H,2,7,12,14H2,1,3-6H3,(H2,29,33,34)/t19-/m0/s1. The van der Waals surface area contributed by atoms with Crippen molar-refractivity contribution in [3.05, 3.63) is 60.1 Å². The lowest BCUT2D eigenvalue weighted by Gasteiger charge is -2.25. The van der Waals surface area contributed by atoms with Crippen LogP contribution >= 0.6 is 0 Å². The number of halogens is 1. The lowest BCUT2D eigenvalue weighted by molar-refractivity contribution is 0.389. The summed E-state index contributed by atoms with van der Waals surface area (Å²) in [6.07, 6.45) is 6.41. The van der Waals surface area contributed by atoms with Crippen molar-refractivity contribution in [2.75, 3.05) is 17.2 Å². The fraction of sp³-hybridized carbons (Fsp3) is 0.400. The van der Waals surface area contributed by atoms with E-state index in [-0.39, 0.29) is 28.7 Å². The van der Waals surface area contributed by atoms with Crippen molar-refractivity contribution in [3.63, 3.8) is 0 Å². The molecule has 3 aromatic rings. The van der Waals surface area contributed by atoms with Crippen molar-refractivity contribution >= 4 is 17.3 Å². The van der Waals surface area contributed by atoms with Crippen molar-refractivity contribution in [1.29, 1.82) is 5.26 Å². The van der Waals surface area contributed by atoms with Gasteiger partial charge < -0.3 is 16.0 Å². The topological polar surface area (TPSA) is 116 Å². The fourth-order valence-corrected chi connectivity index (χ4v) is 3.56. The Balaban J connectivity index is 1.78. The SMILES string of the molecule is C=C(CC(C)(C)C)N[C@@H](CC)CNc1nc(Nc2cnc(C)c(-n3nccn3)c2)c(C#N)cc1F. The highest BCUT2D eigenvalue weighted by molar-refractivity contribution is 5.66. The Hall–Kier alpha value is -4.00. The lowest BCUT2D eigenvalue weighted by atomic mass is 9.90. The van der Waals surface area contributed by atoms with Gasteiger partial charge in [0.2, 0.25) is 0 Å². The monoisotopic (exact) mass is 477 g/mol. The fourth-order valence-electron chi connectivity index (χ4n) is 3.56. The van der Waals surface area contributed by atoms with Crippen LogP contribution in [0.1, 0.15) is 51.8 Å². The first-order valence-electron chi connectivity index (χ1n) is 11.5. The third-order valence-electron chi connectivity index (χ3n) is 5.21. The van der Waals surface area contributed by atoms with Gasteiger partial charge in [0, 0.05) is 18.3 Å². The van der Waals surface area contributed by atoms with E-state index in [0.717, 1.165) is 24.2 Å². The van der Waals surface area contributed by atoms with Crippen LogP contribution in [0.25, 0.3) is 5.69 Å². The summed E-state index contributed by atoms with van der Waals surface area (Å²) in [6, 6.07) is 5.00. The lowest BCUT2D eigenvalue weighted by Crippen LogP contribution is -2.35. The van der Waals surface area contributed by atoms with E-state index < -0.39 is 5.82 Å². The highest BCUT2D eigenvalue weighted by atomic mass is 19.1. The van der Waals surface area contributed by atoms with Crippen LogP contribution in [0.3, 0.4) is 0 Å². The van der Waals surface area contributed by atoms with E-state index in [1.807, 2.05) is 13.0 Å². The van der Waals surface area contributed by atoms with Crippen LogP contribution in [-0.4, -0.2) is 37.5 Å². The second-order valence-electron chi connectivity index (χ2n) is 9.57. The number of anilines is 3. The molecule has 0 spiro atoms. The molecule has 3 aromatic heterocycles. The molecule has 0 bridgehead atoms. The van der Waals surface area contributed by atoms with Crippen LogP contribution in [0.4, 0.5) is 21.7 Å². The molecular formula is C25H32FN9. The third-order valence-corrected chi connectivity index (χ3v) is 5.21. The predicted octanol–water partition coefficient (Wildman–Crippen LogP) is 4.85. The summed E-state index contributed by atoms with van der Waals surface area (Å²) in [5.74, 6) is -0.319. The van der Waals surface area contributed by atoms with E-state index in [4.69, 9.17) is 0 Å². The Morgan fingerprint density at radius 2 is 1.94 bits per heavy atom. The average molecular weight is 478 g/mol. The average Bonchev–Trinajstić information content (AvgIpc) is 3.32. The van der Waals surface area contributed by atoms with Crippen molar-refractivity contribution in [2.24, 2.45) is 5.41 Å². The Morgan fingerprint density at radius 1 is 1.23 bits per heavy atom. The summed E-state index contributed by atoms with van der Waals surface area (Å²) >= 11 is 0. The van der Waals surface area contributed by atoms with Crippen LogP contribution in [-0.2, 0) is 0 Å². The number of aromatic nitrogens is 5. The minimum absolute atomic E-state index is 0.0449. The predicted molar refractivity (Wildman–Crippen MR) is 135 cm³/mol. The Bertz CT molecular complexity index is 1210. The quantitative estimate of drug-likeness (QED) is 0.379. The summed E-state index contributed by atoms with van der Waals surface area (Å²) in [5, 5.41) is 27.4. The molecule has 0 fully saturated rings. The number of pyridine rings is 2. The first-order valence-corrected chi connectivity index (χ1v) is 11.5. The van der Waals surface area contributed by atoms with E-state index in [1.165, 1.54) is 10.9 Å². The molecule has 0 aliphatic heterocycles. The Kier molecular flexibility index (Phi) is 8.02. The molecule has 0 aromatic carbocycles. The number of nitriles is 1.